The number of nitrogens with one attached hydrogen (secondary N) is 1. The lowest BCUT2D eigenvalue weighted by atomic mass is 10.2. The van der Waals surface area contributed by atoms with Crippen LogP contribution in [0.1, 0.15) is 47.0 Å². The summed E-state index contributed by atoms with van der Waals surface area (Å²) in [5, 5.41) is 3.10. The monoisotopic (exact) mass is 396 g/mol. The molecule has 0 aliphatic carbocycles. The Morgan fingerprint density at radius 2 is 1.75 bits per heavy atom. The molecular weight excluding hydrogens is 370 g/mol. The third-order valence-electron chi connectivity index (χ3n) is 4.29. The van der Waals surface area contributed by atoms with Crippen LogP contribution < -0.4 is 11.1 Å². The van der Waals surface area contributed by atoms with E-state index in [4.69, 9.17) is 19.9 Å². The standard InChI is InChI=1S/C17H26N5O6/c1-5-6-7-15-20-14-8-19-16(18)22(9-26-11(2)23,10-27-12(3)24)17(14,21-15)28-13(4)25/h8H,5-7,9-10H2,1-4H3,(H2,18,19)(H,20,21)/q+1. The van der Waals surface area contributed by atoms with E-state index in [-0.39, 0.29) is 5.96 Å². The summed E-state index contributed by atoms with van der Waals surface area (Å²) < 4.78 is 15.4. The molecule has 1 unspecified atom stereocenters. The van der Waals surface area contributed by atoms with Gasteiger partial charge in [-0.05, 0) is 6.42 Å². The number of nitrogens with two attached hydrogens (primary N) is 1. The summed E-state index contributed by atoms with van der Waals surface area (Å²) in [7, 11) is 0. The lowest BCUT2D eigenvalue weighted by Crippen LogP contribution is -2.73. The van der Waals surface area contributed by atoms with Crippen LogP contribution >= 0.6 is 0 Å². The number of esters is 3. The topological polar surface area (TPSA) is 142 Å². The van der Waals surface area contributed by atoms with Crippen molar-refractivity contribution in [1.29, 1.82) is 0 Å². The quantitative estimate of drug-likeness (QED) is 0.342. The van der Waals surface area contributed by atoms with E-state index >= 15 is 0 Å². The van der Waals surface area contributed by atoms with Gasteiger partial charge in [-0.1, -0.05) is 13.3 Å². The van der Waals surface area contributed by atoms with Crippen molar-refractivity contribution in [2.45, 2.75) is 52.8 Å². The number of unbranched alkanes of at least 4 members (excludes halogenated alkanes) is 1. The second-order valence-electron chi connectivity index (χ2n) is 6.52. The number of fused-ring (bicyclic) bond motifs is 1. The molecule has 2 aliphatic heterocycles. The third-order valence-corrected chi connectivity index (χ3v) is 4.29. The van der Waals surface area contributed by atoms with Crippen LogP contribution in [0.4, 0.5) is 0 Å². The third kappa shape index (κ3) is 3.98. The van der Waals surface area contributed by atoms with Crippen molar-refractivity contribution >= 4 is 29.7 Å². The van der Waals surface area contributed by atoms with E-state index in [9.17, 15) is 14.4 Å². The number of carbonyl (C=O) groups is 3. The molecule has 11 nitrogen and oxygen atoms in total. The van der Waals surface area contributed by atoms with Crippen molar-refractivity contribution in [3.05, 3.63) is 11.9 Å². The molecule has 0 aromatic rings. The van der Waals surface area contributed by atoms with Crippen molar-refractivity contribution in [3.63, 3.8) is 0 Å². The minimum Gasteiger partial charge on any atom is -0.414 e. The van der Waals surface area contributed by atoms with Gasteiger partial charge in [0.25, 0.3) is 0 Å². The van der Waals surface area contributed by atoms with Crippen molar-refractivity contribution < 1.29 is 33.1 Å². The fraction of sp³-hybridized carbons (Fsp3) is 0.588. The number of nitrogens with zero attached hydrogens (tertiary/aromatic N) is 3. The number of hydrogen-bond donors (Lipinski definition) is 2. The zero-order valence-corrected chi connectivity index (χ0v) is 16.5. The van der Waals surface area contributed by atoms with Crippen molar-refractivity contribution in [2.75, 3.05) is 13.5 Å². The zero-order valence-electron chi connectivity index (χ0n) is 16.5. The number of ether oxygens (including phenoxy) is 3. The lowest BCUT2D eigenvalue weighted by Gasteiger charge is -2.44. The van der Waals surface area contributed by atoms with Gasteiger partial charge in [-0.3, -0.25) is 14.4 Å². The molecule has 2 aliphatic rings. The van der Waals surface area contributed by atoms with E-state index in [1.54, 1.807) is 0 Å². The highest BCUT2D eigenvalue weighted by Crippen LogP contribution is 2.40. The lowest BCUT2D eigenvalue weighted by molar-refractivity contribution is -0.944. The highest BCUT2D eigenvalue weighted by Gasteiger charge is 2.66. The van der Waals surface area contributed by atoms with Gasteiger partial charge < -0.3 is 25.3 Å². The molecule has 0 spiro atoms. The van der Waals surface area contributed by atoms with E-state index in [0.717, 1.165) is 12.8 Å². The number of hydrogen-bond acceptors (Lipinski definition) is 10. The van der Waals surface area contributed by atoms with Crippen LogP contribution in [0.2, 0.25) is 0 Å². The number of quaternary nitrogens is 1. The fourth-order valence-corrected chi connectivity index (χ4v) is 2.92. The molecule has 0 amide bonds. The summed E-state index contributed by atoms with van der Waals surface area (Å²) in [6.07, 6.45) is 3.77. The average Bonchev–Trinajstić information content (AvgIpc) is 2.96. The van der Waals surface area contributed by atoms with Crippen LogP contribution in [0.25, 0.3) is 0 Å². The first-order valence-electron chi connectivity index (χ1n) is 8.90. The minimum atomic E-state index is -1.74. The Morgan fingerprint density at radius 1 is 1.14 bits per heavy atom. The van der Waals surface area contributed by atoms with Gasteiger partial charge in [0.05, 0.1) is 6.20 Å². The molecule has 0 radical (unpaired) electrons. The first kappa shape index (κ1) is 21.4. The number of guanidine groups is 1. The Kier molecular flexibility index (Phi) is 6.39. The maximum Gasteiger partial charge on any atom is 0.407 e. The molecule has 28 heavy (non-hydrogen) atoms. The molecule has 1 atom stereocenters. The van der Waals surface area contributed by atoms with Gasteiger partial charge in [0.2, 0.25) is 13.5 Å². The SMILES string of the molecule is CCCCC1=NC2(OC(C)=O)C(=CN=C(N)[N+]2(COC(C)=O)COC(C)=O)N1. The van der Waals surface area contributed by atoms with E-state index in [2.05, 4.69) is 15.3 Å². The molecule has 3 N–H and O–H groups in total. The number of rotatable bonds is 8. The first-order valence-corrected chi connectivity index (χ1v) is 8.90. The normalized spacial score (nSPS) is 22.1. The highest BCUT2D eigenvalue weighted by molar-refractivity contribution is 5.88. The maximum atomic E-state index is 12.0. The van der Waals surface area contributed by atoms with Gasteiger partial charge in [0.15, 0.2) is 5.70 Å². The summed E-state index contributed by atoms with van der Waals surface area (Å²) in [4.78, 5) is 43.7. The number of amidine groups is 1. The molecule has 0 aromatic heterocycles. The average molecular weight is 396 g/mol. The van der Waals surface area contributed by atoms with Crippen molar-refractivity contribution in [3.8, 4) is 0 Å². The Labute approximate surface area is 162 Å². The van der Waals surface area contributed by atoms with Crippen molar-refractivity contribution in [2.24, 2.45) is 15.7 Å². The number of carbonyl (C=O) groups excluding carboxylic acids is 3. The van der Waals surface area contributed by atoms with Crippen LogP contribution in [0, 0.1) is 0 Å². The fourth-order valence-electron chi connectivity index (χ4n) is 2.92. The Balaban J connectivity index is 2.61. The summed E-state index contributed by atoms with van der Waals surface area (Å²) >= 11 is 0. The molecule has 2 rings (SSSR count). The minimum absolute atomic E-state index is 0.0882. The Bertz CT molecular complexity index is 741. The molecule has 0 saturated carbocycles. The predicted molar refractivity (Wildman–Crippen MR) is 97.8 cm³/mol. The summed E-state index contributed by atoms with van der Waals surface area (Å²) in [6, 6.07) is 0. The van der Waals surface area contributed by atoms with Crippen LogP contribution in [-0.2, 0) is 28.6 Å². The number of aliphatic imine (C=N–C) groups is 2. The second-order valence-corrected chi connectivity index (χ2v) is 6.52. The van der Waals surface area contributed by atoms with Crippen LogP contribution in [-0.4, -0.2) is 53.5 Å². The summed E-state index contributed by atoms with van der Waals surface area (Å²) in [5.74, 6) is -3.10. The molecule has 2 heterocycles. The van der Waals surface area contributed by atoms with Gasteiger partial charge in [-0.15, -0.1) is 4.48 Å². The molecule has 0 saturated heterocycles. The Morgan fingerprint density at radius 3 is 2.25 bits per heavy atom. The second kappa shape index (κ2) is 8.38. The van der Waals surface area contributed by atoms with Crippen LogP contribution in [0.3, 0.4) is 0 Å². The van der Waals surface area contributed by atoms with Crippen LogP contribution in [0.5, 0.6) is 0 Å². The Hall–Kier alpha value is -2.95. The van der Waals surface area contributed by atoms with E-state index < -0.39 is 41.7 Å². The molecule has 0 fully saturated rings. The zero-order chi connectivity index (χ0) is 20.9. The molecule has 0 bridgehead atoms. The molecule has 154 valence electrons. The van der Waals surface area contributed by atoms with Crippen LogP contribution in [0.15, 0.2) is 21.9 Å². The van der Waals surface area contributed by atoms with Gasteiger partial charge in [-0.2, -0.15) is 9.98 Å². The first-order chi connectivity index (χ1) is 13.2. The summed E-state index contributed by atoms with van der Waals surface area (Å²) in [5.41, 5.74) is 6.49. The predicted octanol–water partition coefficient (Wildman–Crippen LogP) is 0.423. The van der Waals surface area contributed by atoms with Gasteiger partial charge in [0.1, 0.15) is 5.84 Å². The molecule has 0 aromatic carbocycles. The maximum absolute atomic E-state index is 12.0. The largest absolute Gasteiger partial charge is 0.414 e. The smallest absolute Gasteiger partial charge is 0.407 e. The van der Waals surface area contributed by atoms with Gasteiger partial charge >= 0.3 is 29.7 Å². The van der Waals surface area contributed by atoms with Gasteiger partial charge in [0, 0.05) is 27.2 Å². The summed E-state index contributed by atoms with van der Waals surface area (Å²) in [6.45, 7) is 4.88. The molecular formula is C17H26N5O6+. The highest BCUT2D eigenvalue weighted by atomic mass is 16.6. The van der Waals surface area contributed by atoms with E-state index in [0.29, 0.717) is 18.0 Å². The van der Waals surface area contributed by atoms with E-state index in [1.165, 1.54) is 27.0 Å². The van der Waals surface area contributed by atoms with Gasteiger partial charge in [-0.25, -0.2) is 0 Å². The molecule has 11 heteroatoms. The van der Waals surface area contributed by atoms with Crippen molar-refractivity contribution in [1.82, 2.24) is 5.32 Å². The van der Waals surface area contributed by atoms with E-state index in [1.807, 2.05) is 6.92 Å².